The van der Waals surface area contributed by atoms with Gasteiger partial charge in [-0.2, -0.15) is 21.6 Å². The molecule has 1 heterocycles. The van der Waals surface area contributed by atoms with Gasteiger partial charge >= 0.3 is 21.5 Å². The zero-order valence-corrected chi connectivity index (χ0v) is 11.5. The van der Waals surface area contributed by atoms with Crippen molar-refractivity contribution in [3.8, 4) is 0 Å². The van der Waals surface area contributed by atoms with Gasteiger partial charge in [-0.25, -0.2) is 0 Å². The van der Waals surface area contributed by atoms with Crippen molar-refractivity contribution in [2.45, 2.75) is 11.4 Å². The number of nitrogens with zero attached hydrogens (tertiary/aromatic N) is 1. The predicted molar refractivity (Wildman–Crippen MR) is 57.8 cm³/mol. The molecule has 0 amide bonds. The zero-order valence-electron chi connectivity index (χ0n) is 8.35. The van der Waals surface area contributed by atoms with Crippen LogP contribution < -0.4 is 0 Å². The molecular weight excluding hydrogens is 386 g/mol. The lowest BCUT2D eigenvalue weighted by atomic mass is 10.3. The second-order valence-electron chi connectivity index (χ2n) is 2.94. The molecule has 0 spiro atoms. The Morgan fingerprint density at radius 3 is 2.42 bits per heavy atom. The van der Waals surface area contributed by atoms with Gasteiger partial charge in [-0.3, -0.25) is 10.1 Å². The van der Waals surface area contributed by atoms with Crippen LogP contribution in [-0.2, 0) is 19.0 Å². The Morgan fingerprint density at radius 1 is 1.53 bits per heavy atom. The quantitative estimate of drug-likeness (QED) is 0.242. The first-order valence-corrected chi connectivity index (χ1v) is 6.58. The monoisotopic (exact) mass is 387 g/mol. The van der Waals surface area contributed by atoms with E-state index in [-0.39, 0.29) is 5.03 Å². The van der Waals surface area contributed by atoms with Gasteiger partial charge in [0.2, 0.25) is 0 Å². The summed E-state index contributed by atoms with van der Waals surface area (Å²) in [6, 6.07) is 0. The molecule has 1 aliphatic heterocycles. The molecule has 0 aromatic carbocycles. The van der Waals surface area contributed by atoms with Crippen LogP contribution in [0.1, 0.15) is 0 Å². The van der Waals surface area contributed by atoms with Crippen molar-refractivity contribution in [2.24, 2.45) is 0 Å². The van der Waals surface area contributed by atoms with Crippen LogP contribution in [0.4, 0.5) is 13.2 Å². The first kappa shape index (κ1) is 16.2. The van der Waals surface area contributed by atoms with Crippen LogP contribution >= 0.6 is 27.5 Å². The minimum absolute atomic E-state index is 0.225. The Balaban J connectivity index is 3.28. The van der Waals surface area contributed by atoms with E-state index >= 15 is 0 Å². The topological polar surface area (TPSA) is 95.7 Å². The van der Waals surface area contributed by atoms with E-state index in [0.29, 0.717) is 6.26 Å². The zero-order chi connectivity index (χ0) is 15.1. The van der Waals surface area contributed by atoms with Crippen LogP contribution in [0, 0.1) is 10.1 Å². The Labute approximate surface area is 117 Å². The number of halogens is 5. The second kappa shape index (κ2) is 4.92. The van der Waals surface area contributed by atoms with Gasteiger partial charge in [0.05, 0.1) is 5.03 Å². The fourth-order valence-electron chi connectivity index (χ4n) is 0.855. The van der Waals surface area contributed by atoms with Gasteiger partial charge in [0.15, 0.2) is 4.48 Å². The third-order valence-electron chi connectivity index (χ3n) is 1.64. The molecule has 1 aliphatic rings. The number of rotatable bonds is 3. The van der Waals surface area contributed by atoms with Gasteiger partial charge < -0.3 is 4.74 Å². The van der Waals surface area contributed by atoms with Crippen molar-refractivity contribution in [3.05, 3.63) is 32.0 Å². The summed E-state index contributed by atoms with van der Waals surface area (Å²) in [6.07, 6.45) is 1.24. The van der Waals surface area contributed by atoms with E-state index < -0.39 is 30.9 Å². The summed E-state index contributed by atoms with van der Waals surface area (Å²) in [7, 11) is -6.26. The fraction of sp³-hybridized carbons (Fsp3) is 0.333. The highest BCUT2D eigenvalue weighted by Gasteiger charge is 2.62. The van der Waals surface area contributed by atoms with Crippen molar-refractivity contribution in [1.82, 2.24) is 0 Å². The van der Waals surface area contributed by atoms with Crippen LogP contribution in [0.25, 0.3) is 0 Å². The largest absolute Gasteiger partial charge is 0.532 e. The van der Waals surface area contributed by atoms with Crippen molar-refractivity contribution in [1.29, 1.82) is 0 Å². The summed E-state index contributed by atoms with van der Waals surface area (Å²) < 4.78 is 65.2. The van der Waals surface area contributed by atoms with Crippen molar-refractivity contribution >= 4 is 37.6 Å². The molecule has 0 radical (unpaired) electrons. The Hall–Kier alpha value is -0.850. The van der Waals surface area contributed by atoms with E-state index in [1.807, 2.05) is 0 Å². The molecule has 0 N–H and O–H groups in total. The Bertz CT molecular complexity index is 572. The van der Waals surface area contributed by atoms with Crippen molar-refractivity contribution < 1.29 is 35.4 Å². The molecule has 0 fully saturated rings. The number of alkyl halides is 3. The summed E-state index contributed by atoms with van der Waals surface area (Å²) in [5, 5.41) is 10.6. The Morgan fingerprint density at radius 2 is 2.05 bits per heavy atom. The average molecular weight is 389 g/mol. The lowest BCUT2D eigenvalue weighted by Crippen LogP contribution is -2.48. The lowest BCUT2D eigenvalue weighted by molar-refractivity contribution is -0.656. The lowest BCUT2D eigenvalue weighted by Gasteiger charge is -2.25. The number of hydrogen-bond donors (Lipinski definition) is 0. The van der Waals surface area contributed by atoms with E-state index in [0.717, 1.165) is 6.08 Å². The molecule has 1 rings (SSSR count). The highest BCUT2D eigenvalue weighted by Crippen LogP contribution is 2.39. The SMILES string of the molecule is O=[N+]([O-])C1(OS(=O)(=O)C(F)(F)F)OC=C(Cl)C=C1Br. The molecule has 108 valence electrons. The maximum atomic E-state index is 12.2. The van der Waals surface area contributed by atoms with Crippen LogP contribution in [0.15, 0.2) is 21.9 Å². The fourth-order valence-corrected chi connectivity index (χ4v) is 2.40. The molecular formula is C6H2BrClF3NO6S. The minimum atomic E-state index is -6.26. The molecule has 0 saturated carbocycles. The third kappa shape index (κ3) is 3.01. The smallest absolute Gasteiger partial charge is 0.407 e. The number of ether oxygens (including phenoxy) is 1. The maximum Gasteiger partial charge on any atom is 0.532 e. The molecule has 13 heteroatoms. The van der Waals surface area contributed by atoms with E-state index in [1.165, 1.54) is 0 Å². The van der Waals surface area contributed by atoms with Gasteiger partial charge in [-0.05, 0) is 22.0 Å². The van der Waals surface area contributed by atoms with E-state index in [9.17, 15) is 31.7 Å². The van der Waals surface area contributed by atoms with Crippen molar-refractivity contribution in [2.75, 3.05) is 0 Å². The number of allylic oxidation sites excluding steroid dienone is 2. The highest BCUT2D eigenvalue weighted by molar-refractivity contribution is 9.11. The Kier molecular flexibility index (Phi) is 4.20. The minimum Gasteiger partial charge on any atom is -0.407 e. The molecule has 19 heavy (non-hydrogen) atoms. The first-order chi connectivity index (χ1) is 8.42. The average Bonchev–Trinajstić information content (AvgIpc) is 2.20. The third-order valence-corrected chi connectivity index (χ3v) is 3.58. The maximum absolute atomic E-state index is 12.2. The van der Waals surface area contributed by atoms with Gasteiger partial charge in [0, 0.05) is 0 Å². The summed E-state index contributed by atoms with van der Waals surface area (Å²) in [5.74, 6) is -3.41. The summed E-state index contributed by atoms with van der Waals surface area (Å²) >= 11 is 7.87. The molecule has 7 nitrogen and oxygen atoms in total. The van der Waals surface area contributed by atoms with Gasteiger partial charge in [-0.1, -0.05) is 11.6 Å². The summed E-state index contributed by atoms with van der Waals surface area (Å²) in [6.45, 7) is 0. The molecule has 1 unspecified atom stereocenters. The van der Waals surface area contributed by atoms with Crippen LogP contribution in [0.3, 0.4) is 0 Å². The predicted octanol–water partition coefficient (Wildman–Crippen LogP) is 2.17. The molecule has 0 aromatic heterocycles. The van der Waals surface area contributed by atoms with Crippen LogP contribution in [-0.4, -0.2) is 24.8 Å². The van der Waals surface area contributed by atoms with Crippen LogP contribution in [0.5, 0.6) is 0 Å². The highest BCUT2D eigenvalue weighted by atomic mass is 79.9. The second-order valence-corrected chi connectivity index (χ2v) is 5.76. The van der Waals surface area contributed by atoms with E-state index in [2.05, 4.69) is 24.8 Å². The van der Waals surface area contributed by atoms with Crippen LogP contribution in [0.2, 0.25) is 0 Å². The van der Waals surface area contributed by atoms with Gasteiger partial charge in [0.25, 0.3) is 0 Å². The normalized spacial score (nSPS) is 24.3. The standard InChI is InChI=1S/C6H2BrClF3NO6S/c7-4-1-3(8)2-17-5(4,12(13)14)18-19(15,16)6(9,10)11/h1-2H. The molecule has 0 saturated heterocycles. The van der Waals surface area contributed by atoms with Crippen molar-refractivity contribution in [3.63, 3.8) is 0 Å². The molecule has 0 bridgehead atoms. The molecule has 0 aliphatic carbocycles. The van der Waals surface area contributed by atoms with E-state index in [4.69, 9.17) is 11.6 Å². The molecule has 0 aromatic rings. The molecule has 1 atom stereocenters. The van der Waals surface area contributed by atoms with Gasteiger partial charge in [0.1, 0.15) is 11.2 Å². The van der Waals surface area contributed by atoms with Gasteiger partial charge in [-0.15, -0.1) is 4.18 Å². The summed E-state index contributed by atoms with van der Waals surface area (Å²) in [4.78, 5) is 9.28. The first-order valence-electron chi connectivity index (χ1n) is 4.00. The number of hydrogen-bond acceptors (Lipinski definition) is 6. The van der Waals surface area contributed by atoms with E-state index in [1.54, 1.807) is 0 Å². The summed E-state index contributed by atoms with van der Waals surface area (Å²) in [5.41, 5.74) is -5.85. The number of nitro groups is 1.